The summed E-state index contributed by atoms with van der Waals surface area (Å²) >= 11 is 1.35. The Bertz CT molecular complexity index is 1880. The second-order valence-corrected chi connectivity index (χ2v) is 14.1. The average Bonchev–Trinajstić information content (AvgIpc) is 3.75. The topological polar surface area (TPSA) is 195 Å². The number of nitrogens with zero attached hydrogens (tertiary/aromatic N) is 8. The third kappa shape index (κ3) is 9.32. The predicted molar refractivity (Wildman–Crippen MR) is 187 cm³/mol. The molecule has 0 bridgehead atoms. The van der Waals surface area contributed by atoms with E-state index in [-0.39, 0.29) is 41.2 Å². The molecule has 4 N–H and O–H groups in total. The lowest BCUT2D eigenvalue weighted by atomic mass is 9.93. The maximum atomic E-state index is 13.9. The lowest BCUT2D eigenvalue weighted by Gasteiger charge is -2.34. The van der Waals surface area contributed by atoms with Gasteiger partial charge in [0, 0.05) is 55.2 Å². The van der Waals surface area contributed by atoms with Crippen molar-refractivity contribution in [1.29, 1.82) is 0 Å². The maximum absolute atomic E-state index is 13.9. The summed E-state index contributed by atoms with van der Waals surface area (Å²) in [7, 11) is 3.63. The summed E-state index contributed by atoms with van der Waals surface area (Å²) in [5.41, 5.74) is 1.35. The van der Waals surface area contributed by atoms with Crippen LogP contribution in [0, 0.1) is 5.92 Å². The first-order valence-corrected chi connectivity index (χ1v) is 16.9. The molecule has 0 radical (unpaired) electrons. The van der Waals surface area contributed by atoms with Crippen molar-refractivity contribution in [2.24, 2.45) is 5.92 Å². The number of carbonyl (C=O) groups is 3. The third-order valence-electron chi connectivity index (χ3n) is 7.89. The summed E-state index contributed by atoms with van der Waals surface area (Å²) < 4.78 is 1.39. The quantitative estimate of drug-likeness (QED) is 0.158. The molecule has 1 aliphatic heterocycles. The van der Waals surface area contributed by atoms with Crippen LogP contribution in [0.3, 0.4) is 0 Å². The zero-order valence-corrected chi connectivity index (χ0v) is 29.1. The molecule has 5 rings (SSSR count). The Morgan fingerprint density at radius 2 is 1.90 bits per heavy atom. The molecule has 0 aromatic carbocycles. The second kappa shape index (κ2) is 15.5. The van der Waals surface area contributed by atoms with Gasteiger partial charge in [-0.15, -0.1) is 16.4 Å². The molecule has 0 spiro atoms. The summed E-state index contributed by atoms with van der Waals surface area (Å²) in [6.45, 7) is 8.26. The molecular formula is C32H42N12O4S. The number of nitrogens with one attached hydrogen (secondary N) is 4. The molecule has 4 aromatic heterocycles. The lowest BCUT2D eigenvalue weighted by molar-refractivity contribution is -0.123. The normalized spacial score (nSPS) is 15.2. The fraction of sp³-hybridized carbons (Fsp3) is 0.469. The number of rotatable bonds is 12. The van der Waals surface area contributed by atoms with Gasteiger partial charge in [-0.3, -0.25) is 28.9 Å². The molecule has 1 fully saturated rings. The molecule has 1 saturated heterocycles. The number of thiazole rings is 1. The standard InChI is InChI=1S/C32H42N12O4S/c1-32(2,3)23-19-49-31(35-23)37-29(47)21-10-14-44-25(16-21)36-28(22(30(44)48)8-9-24-38-40-41-39-24)43-13-6-7-20(17-43)15-26(45)33-11-12-34-27(46)18-42(4)5/h8-10,14,16,19-20H,6-7,11-13,15,17-18H2,1-5H3,(H,33,45)(H,34,46)(H,35,37,47)(H,38,39,40,41)/b9-8+. The molecular weight excluding hydrogens is 648 g/mol. The summed E-state index contributed by atoms with van der Waals surface area (Å²) in [5.74, 6) is 0.244. The highest BCUT2D eigenvalue weighted by atomic mass is 32.1. The molecule has 0 saturated carbocycles. The highest BCUT2D eigenvalue weighted by Crippen LogP contribution is 2.28. The SMILES string of the molecule is CN(C)CC(=O)NCCNC(=O)CC1CCCN(c2nc3cc(C(=O)Nc4nc(C(C)(C)C)cs4)ccn3c(=O)c2/C=C/c2nnn[nH]2)C1. The summed E-state index contributed by atoms with van der Waals surface area (Å²) in [4.78, 5) is 65.0. The lowest BCUT2D eigenvalue weighted by Crippen LogP contribution is -2.41. The van der Waals surface area contributed by atoms with Crippen molar-refractivity contribution in [2.75, 3.05) is 57.0 Å². The highest BCUT2D eigenvalue weighted by Gasteiger charge is 2.26. The van der Waals surface area contributed by atoms with Crippen molar-refractivity contribution in [3.63, 3.8) is 0 Å². The Balaban J connectivity index is 1.35. The van der Waals surface area contributed by atoms with Crippen LogP contribution in [0.25, 0.3) is 17.8 Å². The number of anilines is 2. The highest BCUT2D eigenvalue weighted by molar-refractivity contribution is 7.14. The second-order valence-electron chi connectivity index (χ2n) is 13.3. The van der Waals surface area contributed by atoms with E-state index in [1.807, 2.05) is 24.4 Å². The van der Waals surface area contributed by atoms with Crippen LogP contribution >= 0.6 is 11.3 Å². The predicted octanol–water partition coefficient (Wildman–Crippen LogP) is 1.78. The van der Waals surface area contributed by atoms with Crippen molar-refractivity contribution >= 4 is 57.8 Å². The number of carbonyl (C=O) groups excluding carboxylic acids is 3. The minimum Gasteiger partial charge on any atom is -0.356 e. The van der Waals surface area contributed by atoms with Crippen molar-refractivity contribution in [2.45, 2.75) is 45.4 Å². The fourth-order valence-corrected chi connectivity index (χ4v) is 6.35. The summed E-state index contributed by atoms with van der Waals surface area (Å²) in [6.07, 6.45) is 6.68. The number of tetrazole rings is 1. The molecule has 260 valence electrons. The largest absolute Gasteiger partial charge is 0.356 e. The minimum atomic E-state index is -0.365. The number of fused-ring (bicyclic) bond motifs is 1. The number of likely N-dealkylation sites (N-methyl/N-ethyl adjacent to an activating group) is 1. The zero-order valence-electron chi connectivity index (χ0n) is 28.3. The van der Waals surface area contributed by atoms with Gasteiger partial charge in [0.15, 0.2) is 11.0 Å². The van der Waals surface area contributed by atoms with E-state index in [0.717, 1.165) is 18.5 Å². The Kier molecular flexibility index (Phi) is 11.1. The Morgan fingerprint density at radius 3 is 2.59 bits per heavy atom. The van der Waals surface area contributed by atoms with Crippen LogP contribution in [0.5, 0.6) is 0 Å². The summed E-state index contributed by atoms with van der Waals surface area (Å²) in [6, 6.07) is 3.15. The monoisotopic (exact) mass is 690 g/mol. The van der Waals surface area contributed by atoms with E-state index in [4.69, 9.17) is 4.98 Å². The molecule has 4 aromatic rings. The smallest absolute Gasteiger partial charge is 0.267 e. The first-order valence-electron chi connectivity index (χ1n) is 16.1. The van der Waals surface area contributed by atoms with Gasteiger partial charge in [-0.2, -0.15) is 0 Å². The van der Waals surface area contributed by atoms with E-state index >= 15 is 0 Å². The van der Waals surface area contributed by atoms with E-state index in [1.165, 1.54) is 21.9 Å². The van der Waals surface area contributed by atoms with Crippen LogP contribution in [0.1, 0.15) is 67.5 Å². The third-order valence-corrected chi connectivity index (χ3v) is 8.65. The number of hydrogen-bond acceptors (Lipinski definition) is 12. The van der Waals surface area contributed by atoms with E-state index in [0.29, 0.717) is 66.1 Å². The van der Waals surface area contributed by atoms with Gasteiger partial charge in [0.1, 0.15) is 11.5 Å². The number of piperidine rings is 1. The van der Waals surface area contributed by atoms with Gasteiger partial charge in [-0.1, -0.05) is 20.8 Å². The van der Waals surface area contributed by atoms with Crippen molar-refractivity contribution in [3.8, 4) is 0 Å². The van der Waals surface area contributed by atoms with E-state index in [2.05, 4.69) is 62.3 Å². The van der Waals surface area contributed by atoms with E-state index < -0.39 is 0 Å². The van der Waals surface area contributed by atoms with Crippen LogP contribution < -0.4 is 26.4 Å². The zero-order chi connectivity index (χ0) is 35.1. The van der Waals surface area contributed by atoms with Gasteiger partial charge in [0.25, 0.3) is 11.5 Å². The van der Waals surface area contributed by atoms with Gasteiger partial charge < -0.3 is 20.4 Å². The van der Waals surface area contributed by atoms with Crippen LogP contribution in [-0.2, 0) is 15.0 Å². The van der Waals surface area contributed by atoms with E-state index in [9.17, 15) is 19.2 Å². The summed E-state index contributed by atoms with van der Waals surface area (Å²) in [5, 5.41) is 24.7. The van der Waals surface area contributed by atoms with Crippen LogP contribution in [0.15, 0.2) is 28.5 Å². The Labute approximate surface area is 287 Å². The number of aromatic nitrogens is 7. The van der Waals surface area contributed by atoms with Gasteiger partial charge in [-0.25, -0.2) is 15.1 Å². The number of pyridine rings is 1. The molecule has 16 nitrogen and oxygen atoms in total. The maximum Gasteiger partial charge on any atom is 0.267 e. The molecule has 3 amide bonds. The van der Waals surface area contributed by atoms with Crippen LogP contribution in [-0.4, -0.2) is 104 Å². The molecule has 1 unspecified atom stereocenters. The Hall–Kier alpha value is -5.03. The van der Waals surface area contributed by atoms with Crippen molar-refractivity contribution in [3.05, 3.63) is 56.7 Å². The molecule has 49 heavy (non-hydrogen) atoms. The molecule has 5 heterocycles. The van der Waals surface area contributed by atoms with Gasteiger partial charge in [0.2, 0.25) is 11.8 Å². The van der Waals surface area contributed by atoms with Gasteiger partial charge in [0.05, 0.1) is 17.8 Å². The average molecular weight is 691 g/mol. The minimum absolute atomic E-state index is 0.0148. The first-order chi connectivity index (χ1) is 23.4. The van der Waals surface area contributed by atoms with Crippen molar-refractivity contribution < 1.29 is 14.4 Å². The van der Waals surface area contributed by atoms with Crippen LogP contribution in [0.2, 0.25) is 0 Å². The first kappa shape index (κ1) is 35.3. The van der Waals surface area contributed by atoms with Crippen LogP contribution in [0.4, 0.5) is 10.9 Å². The molecule has 17 heteroatoms. The number of hydrogen-bond donors (Lipinski definition) is 4. The van der Waals surface area contributed by atoms with Gasteiger partial charge >= 0.3 is 0 Å². The molecule has 1 aliphatic rings. The molecule has 0 aliphatic carbocycles. The number of H-pyrrole nitrogens is 1. The van der Waals surface area contributed by atoms with Gasteiger partial charge in [-0.05, 0) is 67.6 Å². The van der Waals surface area contributed by atoms with E-state index in [1.54, 1.807) is 29.2 Å². The fourth-order valence-electron chi connectivity index (χ4n) is 5.42. The number of amides is 3. The van der Waals surface area contributed by atoms with Crippen molar-refractivity contribution in [1.82, 2.24) is 50.5 Å². The molecule has 1 atom stereocenters. The Morgan fingerprint density at radius 1 is 1.12 bits per heavy atom. The number of aromatic amines is 1.